The van der Waals surface area contributed by atoms with Crippen LogP contribution in [0.4, 0.5) is 5.82 Å². The molecule has 86 valence electrons. The van der Waals surface area contributed by atoms with E-state index in [0.29, 0.717) is 0 Å². The minimum atomic E-state index is 0.823. The first-order chi connectivity index (χ1) is 7.16. The molecule has 0 amide bonds. The van der Waals surface area contributed by atoms with E-state index in [-0.39, 0.29) is 0 Å². The molecule has 0 aromatic carbocycles. The number of aromatic nitrogens is 2. The summed E-state index contributed by atoms with van der Waals surface area (Å²) in [7, 11) is 0. The van der Waals surface area contributed by atoms with Crippen LogP contribution in [0.3, 0.4) is 0 Å². The van der Waals surface area contributed by atoms with E-state index in [1.807, 2.05) is 11.6 Å². The van der Waals surface area contributed by atoms with E-state index >= 15 is 0 Å². The molecule has 0 atom stereocenters. The van der Waals surface area contributed by atoms with Crippen molar-refractivity contribution in [1.29, 1.82) is 0 Å². The summed E-state index contributed by atoms with van der Waals surface area (Å²) in [5.41, 5.74) is 6.98. The molecule has 0 saturated carbocycles. The van der Waals surface area contributed by atoms with Crippen molar-refractivity contribution in [2.75, 3.05) is 5.73 Å². The maximum atomic E-state index is 5.94. The largest absolute Gasteiger partial charge is 0.383 e. The number of hydrogen-bond acceptors (Lipinski definition) is 2. The van der Waals surface area contributed by atoms with Crippen LogP contribution in [0.25, 0.3) is 0 Å². The number of nitrogens with zero attached hydrogens (tertiary/aromatic N) is 2. The number of nitrogens with two attached hydrogens (primary N) is 1. The van der Waals surface area contributed by atoms with Crippen molar-refractivity contribution in [1.82, 2.24) is 9.78 Å². The first-order valence-electron chi connectivity index (χ1n) is 5.65. The second-order valence-electron chi connectivity index (χ2n) is 3.92. The van der Waals surface area contributed by atoms with Crippen molar-refractivity contribution in [3.05, 3.63) is 9.26 Å². The molecular formula is C11H20IN3. The molecule has 2 N–H and O–H groups in total. The standard InChI is InChI=1S/C11H20IN3/c1-3-4-5-6-7-8-15-11(13)10(12)9(2)14-15/h3-8,13H2,1-2H3. The fourth-order valence-corrected chi connectivity index (χ4v) is 2.00. The first-order valence-corrected chi connectivity index (χ1v) is 6.73. The number of anilines is 1. The molecule has 0 spiro atoms. The highest BCUT2D eigenvalue weighted by Crippen LogP contribution is 2.18. The average Bonchev–Trinajstić information content (AvgIpc) is 2.46. The van der Waals surface area contributed by atoms with Crippen molar-refractivity contribution >= 4 is 28.4 Å². The van der Waals surface area contributed by atoms with Gasteiger partial charge >= 0.3 is 0 Å². The Bertz CT molecular complexity index is 307. The summed E-state index contributed by atoms with van der Waals surface area (Å²) in [6, 6.07) is 0. The Kier molecular flexibility index (Phi) is 5.42. The summed E-state index contributed by atoms with van der Waals surface area (Å²) < 4.78 is 3.03. The zero-order valence-electron chi connectivity index (χ0n) is 9.59. The van der Waals surface area contributed by atoms with Crippen LogP contribution < -0.4 is 5.73 Å². The van der Waals surface area contributed by atoms with Gasteiger partial charge in [-0.15, -0.1) is 0 Å². The second-order valence-corrected chi connectivity index (χ2v) is 5.00. The summed E-state index contributed by atoms with van der Waals surface area (Å²) in [5, 5.41) is 4.41. The topological polar surface area (TPSA) is 43.8 Å². The third-order valence-electron chi connectivity index (χ3n) is 2.56. The Balaban J connectivity index is 2.34. The lowest BCUT2D eigenvalue weighted by atomic mass is 10.1. The quantitative estimate of drug-likeness (QED) is 0.645. The molecule has 0 fully saturated rings. The molecule has 0 aliphatic heterocycles. The van der Waals surface area contributed by atoms with Crippen LogP contribution in [-0.2, 0) is 6.54 Å². The maximum absolute atomic E-state index is 5.94. The third kappa shape index (κ3) is 3.66. The molecule has 0 bridgehead atoms. The summed E-state index contributed by atoms with van der Waals surface area (Å²) in [5.74, 6) is 0.823. The van der Waals surface area contributed by atoms with Crippen LogP contribution in [0, 0.1) is 10.5 Å². The molecule has 1 aromatic rings. The number of halogens is 1. The number of aryl methyl sites for hydroxylation is 2. The van der Waals surface area contributed by atoms with Gasteiger partial charge in [-0.3, -0.25) is 0 Å². The number of hydrogen-bond donors (Lipinski definition) is 1. The SMILES string of the molecule is CCCCCCCn1nc(C)c(I)c1N. The van der Waals surface area contributed by atoms with E-state index in [1.165, 1.54) is 32.1 Å². The third-order valence-corrected chi connectivity index (χ3v) is 3.90. The molecule has 1 heterocycles. The first kappa shape index (κ1) is 12.8. The van der Waals surface area contributed by atoms with Gasteiger partial charge < -0.3 is 5.73 Å². The molecule has 4 heteroatoms. The van der Waals surface area contributed by atoms with Gasteiger partial charge in [0, 0.05) is 6.54 Å². The van der Waals surface area contributed by atoms with Gasteiger partial charge in [-0.1, -0.05) is 32.6 Å². The van der Waals surface area contributed by atoms with Crippen molar-refractivity contribution in [2.45, 2.75) is 52.5 Å². The molecule has 0 unspecified atom stereocenters. The van der Waals surface area contributed by atoms with Gasteiger partial charge in [0.15, 0.2) is 0 Å². The summed E-state index contributed by atoms with van der Waals surface area (Å²) >= 11 is 2.26. The van der Waals surface area contributed by atoms with E-state index < -0.39 is 0 Å². The second kappa shape index (κ2) is 6.35. The minimum Gasteiger partial charge on any atom is -0.383 e. The number of rotatable bonds is 6. The van der Waals surface area contributed by atoms with Gasteiger partial charge in [-0.05, 0) is 35.9 Å². The molecule has 1 rings (SSSR count). The highest BCUT2D eigenvalue weighted by molar-refractivity contribution is 14.1. The van der Waals surface area contributed by atoms with Gasteiger partial charge in [0.2, 0.25) is 0 Å². The van der Waals surface area contributed by atoms with Gasteiger partial charge in [-0.2, -0.15) is 5.10 Å². The van der Waals surface area contributed by atoms with Crippen molar-refractivity contribution < 1.29 is 0 Å². The Labute approximate surface area is 106 Å². The molecule has 0 aliphatic carbocycles. The van der Waals surface area contributed by atoms with Crippen molar-refractivity contribution in [2.24, 2.45) is 0 Å². The van der Waals surface area contributed by atoms with E-state index in [0.717, 1.165) is 21.6 Å². The van der Waals surface area contributed by atoms with Crippen LogP contribution in [0.15, 0.2) is 0 Å². The molecule has 0 radical (unpaired) electrons. The van der Waals surface area contributed by atoms with E-state index in [4.69, 9.17) is 5.73 Å². The van der Waals surface area contributed by atoms with Gasteiger partial charge in [0.25, 0.3) is 0 Å². The average molecular weight is 321 g/mol. The Morgan fingerprint density at radius 2 is 1.93 bits per heavy atom. The normalized spacial score (nSPS) is 10.9. The predicted octanol–water partition coefficient (Wildman–Crippen LogP) is 3.35. The highest BCUT2D eigenvalue weighted by Gasteiger charge is 2.08. The van der Waals surface area contributed by atoms with Crippen LogP contribution in [0.5, 0.6) is 0 Å². The number of nitrogen functional groups attached to an aromatic ring is 1. The van der Waals surface area contributed by atoms with Crippen LogP contribution in [0.2, 0.25) is 0 Å². The van der Waals surface area contributed by atoms with Gasteiger partial charge in [0.1, 0.15) is 5.82 Å². The zero-order valence-corrected chi connectivity index (χ0v) is 11.7. The van der Waals surface area contributed by atoms with Crippen LogP contribution >= 0.6 is 22.6 Å². The molecule has 1 aromatic heterocycles. The summed E-state index contributed by atoms with van der Waals surface area (Å²) in [4.78, 5) is 0. The maximum Gasteiger partial charge on any atom is 0.135 e. The van der Waals surface area contributed by atoms with E-state index in [2.05, 4.69) is 34.6 Å². The van der Waals surface area contributed by atoms with Crippen LogP contribution in [-0.4, -0.2) is 9.78 Å². The van der Waals surface area contributed by atoms with Crippen molar-refractivity contribution in [3.63, 3.8) is 0 Å². The lowest BCUT2D eigenvalue weighted by Gasteiger charge is -2.03. The zero-order chi connectivity index (χ0) is 11.3. The Morgan fingerprint density at radius 3 is 2.47 bits per heavy atom. The summed E-state index contributed by atoms with van der Waals surface area (Å²) in [6.07, 6.45) is 6.42. The molecule has 3 nitrogen and oxygen atoms in total. The number of unbranched alkanes of at least 4 members (excludes halogenated alkanes) is 4. The molecule has 15 heavy (non-hydrogen) atoms. The monoisotopic (exact) mass is 321 g/mol. The Hall–Kier alpha value is -0.260. The highest BCUT2D eigenvalue weighted by atomic mass is 127. The molecule has 0 aliphatic rings. The smallest absolute Gasteiger partial charge is 0.135 e. The lowest BCUT2D eigenvalue weighted by Crippen LogP contribution is -2.05. The summed E-state index contributed by atoms with van der Waals surface area (Å²) in [6.45, 7) is 5.20. The minimum absolute atomic E-state index is 0.823. The molecular weight excluding hydrogens is 301 g/mol. The van der Waals surface area contributed by atoms with E-state index in [9.17, 15) is 0 Å². The predicted molar refractivity (Wildman–Crippen MR) is 72.9 cm³/mol. The van der Waals surface area contributed by atoms with Crippen molar-refractivity contribution in [3.8, 4) is 0 Å². The fraction of sp³-hybridized carbons (Fsp3) is 0.727. The van der Waals surface area contributed by atoms with Gasteiger partial charge in [-0.25, -0.2) is 4.68 Å². The fourth-order valence-electron chi connectivity index (χ4n) is 1.61. The lowest BCUT2D eigenvalue weighted by molar-refractivity contribution is 0.536. The Morgan fingerprint density at radius 1 is 1.27 bits per heavy atom. The molecule has 0 saturated heterocycles. The van der Waals surface area contributed by atoms with Gasteiger partial charge in [0.05, 0.1) is 9.26 Å². The van der Waals surface area contributed by atoms with E-state index in [1.54, 1.807) is 0 Å². The van der Waals surface area contributed by atoms with Crippen LogP contribution in [0.1, 0.15) is 44.7 Å².